The molecule has 0 aliphatic rings. The number of rotatable bonds is 37. The first-order valence-electron chi connectivity index (χ1n) is 20.9. The SMILES string of the molecule is CCCCCCCCCC(=O)OCCCCCCCCOc1ccc(CO)c(OCCCCCCCCOC(=O)CCCCCCCCC)c1. The summed E-state index contributed by atoms with van der Waals surface area (Å²) in [5, 5.41) is 9.75. The van der Waals surface area contributed by atoms with E-state index in [2.05, 4.69) is 13.8 Å². The number of aliphatic hydroxyl groups is 1. The molecule has 290 valence electrons. The van der Waals surface area contributed by atoms with Crippen molar-refractivity contribution in [3.8, 4) is 11.5 Å². The van der Waals surface area contributed by atoms with Gasteiger partial charge in [-0.2, -0.15) is 0 Å². The van der Waals surface area contributed by atoms with E-state index >= 15 is 0 Å². The van der Waals surface area contributed by atoms with E-state index < -0.39 is 0 Å². The molecule has 0 saturated heterocycles. The van der Waals surface area contributed by atoms with Crippen LogP contribution >= 0.6 is 0 Å². The number of carbonyl (C=O) groups excluding carboxylic acids is 2. The average Bonchev–Trinajstić information content (AvgIpc) is 3.12. The van der Waals surface area contributed by atoms with Crippen LogP contribution in [0.1, 0.15) is 199 Å². The van der Waals surface area contributed by atoms with Crippen LogP contribution in [0, 0.1) is 0 Å². The molecule has 0 amide bonds. The zero-order valence-corrected chi connectivity index (χ0v) is 32.5. The number of aliphatic hydroxyl groups excluding tert-OH is 1. The van der Waals surface area contributed by atoms with Gasteiger partial charge in [0.15, 0.2) is 0 Å². The van der Waals surface area contributed by atoms with E-state index in [1.165, 1.54) is 64.2 Å². The molecule has 0 aliphatic carbocycles. The van der Waals surface area contributed by atoms with Gasteiger partial charge in [-0.05, 0) is 50.7 Å². The van der Waals surface area contributed by atoms with E-state index in [0.29, 0.717) is 45.0 Å². The van der Waals surface area contributed by atoms with Gasteiger partial charge in [0.25, 0.3) is 0 Å². The summed E-state index contributed by atoms with van der Waals surface area (Å²) in [5.74, 6) is 1.40. The van der Waals surface area contributed by atoms with Crippen molar-refractivity contribution in [2.24, 2.45) is 0 Å². The van der Waals surface area contributed by atoms with E-state index in [1.54, 1.807) is 0 Å². The highest BCUT2D eigenvalue weighted by Gasteiger charge is 2.07. The van der Waals surface area contributed by atoms with Crippen LogP contribution < -0.4 is 9.47 Å². The number of benzene rings is 1. The molecule has 1 rings (SSSR count). The van der Waals surface area contributed by atoms with E-state index in [0.717, 1.165) is 114 Å². The molecule has 0 atom stereocenters. The summed E-state index contributed by atoms with van der Waals surface area (Å²) in [7, 11) is 0. The van der Waals surface area contributed by atoms with Crippen LogP contribution in [0.4, 0.5) is 0 Å². The first-order chi connectivity index (χ1) is 24.6. The summed E-state index contributed by atoms with van der Waals surface area (Å²) < 4.78 is 22.8. The minimum atomic E-state index is -0.0579. The second kappa shape index (κ2) is 35.1. The standard InChI is InChI=1S/C43H76O7/c1-3-5-7-9-11-17-23-29-42(45)49-35-27-21-15-13-19-25-33-47-40-32-31-39(38-44)41(37-40)48-34-26-20-14-16-22-28-36-50-43(46)30-24-18-12-10-8-6-4-2/h31-32,37,44H,3-30,33-36,38H2,1-2H3. The molecule has 0 heterocycles. The summed E-state index contributed by atoms with van der Waals surface area (Å²) in [6.45, 7) is 6.77. The number of hydrogen-bond acceptors (Lipinski definition) is 7. The highest BCUT2D eigenvalue weighted by Crippen LogP contribution is 2.26. The Kier molecular flexibility index (Phi) is 32.1. The van der Waals surface area contributed by atoms with Crippen molar-refractivity contribution in [1.29, 1.82) is 0 Å². The maximum atomic E-state index is 11.9. The smallest absolute Gasteiger partial charge is 0.305 e. The Balaban J connectivity index is 1.99. The van der Waals surface area contributed by atoms with Gasteiger partial charge in [0.1, 0.15) is 11.5 Å². The molecule has 7 heteroatoms. The summed E-state index contributed by atoms with van der Waals surface area (Å²) in [6.07, 6.45) is 30.9. The lowest BCUT2D eigenvalue weighted by Crippen LogP contribution is -2.05. The predicted octanol–water partition coefficient (Wildman–Crippen LogP) is 12.0. The Bertz CT molecular complexity index is 919. The van der Waals surface area contributed by atoms with Gasteiger partial charge in [0, 0.05) is 24.5 Å². The van der Waals surface area contributed by atoms with E-state index in [9.17, 15) is 14.7 Å². The van der Waals surface area contributed by atoms with Crippen LogP contribution in [0.5, 0.6) is 11.5 Å². The van der Waals surface area contributed by atoms with Crippen LogP contribution in [0.15, 0.2) is 18.2 Å². The van der Waals surface area contributed by atoms with Crippen molar-refractivity contribution in [3.05, 3.63) is 23.8 Å². The van der Waals surface area contributed by atoms with Gasteiger partial charge in [-0.25, -0.2) is 0 Å². The number of esters is 2. The number of unbranched alkanes of at least 4 members (excludes halogenated alkanes) is 22. The summed E-state index contributed by atoms with van der Waals surface area (Å²) in [4.78, 5) is 23.8. The molecule has 50 heavy (non-hydrogen) atoms. The van der Waals surface area contributed by atoms with Crippen LogP contribution in [0.2, 0.25) is 0 Å². The third-order valence-corrected chi connectivity index (χ3v) is 9.31. The monoisotopic (exact) mass is 705 g/mol. The van der Waals surface area contributed by atoms with Crippen molar-refractivity contribution in [2.75, 3.05) is 26.4 Å². The largest absolute Gasteiger partial charge is 0.493 e. The molecule has 0 spiro atoms. The second-order valence-corrected chi connectivity index (χ2v) is 14.1. The lowest BCUT2D eigenvalue weighted by Gasteiger charge is -2.13. The molecule has 1 N–H and O–H groups in total. The molecule has 0 aliphatic heterocycles. The Morgan fingerprint density at radius 2 is 0.860 bits per heavy atom. The van der Waals surface area contributed by atoms with Crippen LogP contribution in [-0.2, 0) is 25.7 Å². The minimum absolute atomic E-state index is 0.0378. The fourth-order valence-corrected chi connectivity index (χ4v) is 6.05. The van der Waals surface area contributed by atoms with Gasteiger partial charge >= 0.3 is 11.9 Å². The lowest BCUT2D eigenvalue weighted by molar-refractivity contribution is -0.144. The molecule has 7 nitrogen and oxygen atoms in total. The summed E-state index contributed by atoms with van der Waals surface area (Å²) in [6, 6.07) is 5.68. The molecule has 1 aromatic rings. The lowest BCUT2D eigenvalue weighted by atomic mass is 10.1. The zero-order chi connectivity index (χ0) is 36.2. The molecular weight excluding hydrogens is 628 g/mol. The van der Waals surface area contributed by atoms with Gasteiger partial charge in [-0.15, -0.1) is 0 Å². The first-order valence-corrected chi connectivity index (χ1v) is 20.9. The van der Waals surface area contributed by atoms with Gasteiger partial charge < -0.3 is 24.1 Å². The topological polar surface area (TPSA) is 91.3 Å². The Hall–Kier alpha value is -2.28. The zero-order valence-electron chi connectivity index (χ0n) is 32.5. The highest BCUT2D eigenvalue weighted by molar-refractivity contribution is 5.69. The highest BCUT2D eigenvalue weighted by atomic mass is 16.5. The van der Waals surface area contributed by atoms with E-state index in [-0.39, 0.29) is 18.5 Å². The van der Waals surface area contributed by atoms with Gasteiger partial charge in [-0.3, -0.25) is 9.59 Å². The second-order valence-electron chi connectivity index (χ2n) is 14.1. The van der Waals surface area contributed by atoms with Crippen LogP contribution in [-0.4, -0.2) is 43.5 Å². The summed E-state index contributed by atoms with van der Waals surface area (Å²) >= 11 is 0. The Morgan fingerprint density at radius 3 is 1.30 bits per heavy atom. The fourth-order valence-electron chi connectivity index (χ4n) is 6.05. The normalized spacial score (nSPS) is 11.1. The third-order valence-electron chi connectivity index (χ3n) is 9.31. The quantitative estimate of drug-likeness (QED) is 0.0544. The van der Waals surface area contributed by atoms with Gasteiger partial charge in [-0.1, -0.05) is 142 Å². The van der Waals surface area contributed by atoms with Crippen molar-refractivity contribution >= 4 is 11.9 Å². The first kappa shape index (κ1) is 45.7. The molecule has 0 radical (unpaired) electrons. The predicted molar refractivity (Wildman–Crippen MR) is 206 cm³/mol. The maximum absolute atomic E-state index is 11.9. The number of ether oxygens (including phenoxy) is 4. The molecule has 1 aromatic carbocycles. The van der Waals surface area contributed by atoms with Crippen LogP contribution in [0.25, 0.3) is 0 Å². The minimum Gasteiger partial charge on any atom is -0.493 e. The van der Waals surface area contributed by atoms with Crippen molar-refractivity contribution in [2.45, 2.75) is 200 Å². The van der Waals surface area contributed by atoms with E-state index in [4.69, 9.17) is 18.9 Å². The van der Waals surface area contributed by atoms with Gasteiger partial charge in [0.2, 0.25) is 0 Å². The molecule has 0 aromatic heterocycles. The Labute approximate surface area is 307 Å². The number of hydrogen-bond donors (Lipinski definition) is 1. The summed E-state index contributed by atoms with van der Waals surface area (Å²) in [5.41, 5.74) is 0.780. The molecule has 0 saturated carbocycles. The average molecular weight is 705 g/mol. The van der Waals surface area contributed by atoms with Crippen molar-refractivity contribution < 1.29 is 33.6 Å². The maximum Gasteiger partial charge on any atom is 0.305 e. The molecule has 0 unspecified atom stereocenters. The molecule has 0 bridgehead atoms. The number of carbonyl (C=O) groups is 2. The fraction of sp³-hybridized carbons (Fsp3) is 0.814. The van der Waals surface area contributed by atoms with Crippen molar-refractivity contribution in [3.63, 3.8) is 0 Å². The van der Waals surface area contributed by atoms with Gasteiger partial charge in [0.05, 0.1) is 33.0 Å². The van der Waals surface area contributed by atoms with Crippen LogP contribution in [0.3, 0.4) is 0 Å². The molecular formula is C43H76O7. The van der Waals surface area contributed by atoms with Crippen molar-refractivity contribution in [1.82, 2.24) is 0 Å². The van der Waals surface area contributed by atoms with E-state index in [1.807, 2.05) is 18.2 Å². The third kappa shape index (κ3) is 28.4. The molecule has 0 fully saturated rings. The Morgan fingerprint density at radius 1 is 0.480 bits per heavy atom.